The molecule has 1 heterocycles. The lowest BCUT2D eigenvalue weighted by molar-refractivity contribution is -0.255. The molecule has 1 saturated heterocycles. The van der Waals surface area contributed by atoms with Crippen LogP contribution in [-0.2, 0) is 9.47 Å². The average molecular weight is 240 g/mol. The van der Waals surface area contributed by atoms with Gasteiger partial charge in [-0.1, -0.05) is 34.6 Å². The normalized spacial score (nSPS) is 42.9. The molecule has 0 N–H and O–H groups in total. The van der Waals surface area contributed by atoms with Gasteiger partial charge >= 0.3 is 0 Å². The third-order valence-electron chi connectivity index (χ3n) is 4.83. The van der Waals surface area contributed by atoms with Gasteiger partial charge in [-0.2, -0.15) is 0 Å². The minimum absolute atomic E-state index is 0.394. The molecule has 1 aliphatic carbocycles. The predicted octanol–water partition coefficient (Wildman–Crippen LogP) is 3.70. The van der Waals surface area contributed by atoms with E-state index in [9.17, 15) is 0 Å². The van der Waals surface area contributed by atoms with Crippen LogP contribution in [0.2, 0.25) is 0 Å². The summed E-state index contributed by atoms with van der Waals surface area (Å²) in [6, 6.07) is 0. The molecule has 0 radical (unpaired) electrons. The molecular formula is C15H28O2. The summed E-state index contributed by atoms with van der Waals surface area (Å²) in [4.78, 5) is 0. The highest BCUT2D eigenvalue weighted by molar-refractivity contribution is 4.94. The summed E-state index contributed by atoms with van der Waals surface area (Å²) in [6.45, 7) is 12.1. The van der Waals surface area contributed by atoms with Crippen molar-refractivity contribution in [2.24, 2.45) is 29.6 Å². The summed E-state index contributed by atoms with van der Waals surface area (Å²) in [7, 11) is 0. The van der Waals surface area contributed by atoms with Gasteiger partial charge in [-0.3, -0.25) is 0 Å². The van der Waals surface area contributed by atoms with Gasteiger partial charge in [0.05, 0.1) is 12.2 Å². The largest absolute Gasteiger partial charge is 0.352 e. The molecule has 1 aliphatic heterocycles. The van der Waals surface area contributed by atoms with Crippen molar-refractivity contribution in [3.05, 3.63) is 0 Å². The van der Waals surface area contributed by atoms with Crippen LogP contribution in [0.4, 0.5) is 0 Å². The molecule has 0 aromatic rings. The first-order chi connectivity index (χ1) is 8.02. The molecule has 100 valence electrons. The summed E-state index contributed by atoms with van der Waals surface area (Å²) in [6.07, 6.45) is 3.48. The average Bonchev–Trinajstić information content (AvgIpc) is 2.28. The van der Waals surface area contributed by atoms with Crippen molar-refractivity contribution in [1.29, 1.82) is 0 Å². The summed E-state index contributed by atoms with van der Waals surface area (Å²) < 4.78 is 11.9. The van der Waals surface area contributed by atoms with E-state index in [1.807, 2.05) is 0 Å². The Bertz CT molecular complexity index is 249. The predicted molar refractivity (Wildman–Crippen MR) is 69.7 cm³/mol. The lowest BCUT2D eigenvalue weighted by Crippen LogP contribution is -2.53. The molecule has 2 aliphatic rings. The van der Waals surface area contributed by atoms with Gasteiger partial charge in [0.1, 0.15) is 6.79 Å². The van der Waals surface area contributed by atoms with Gasteiger partial charge in [0.25, 0.3) is 0 Å². The Morgan fingerprint density at radius 2 is 1.65 bits per heavy atom. The molecule has 5 atom stereocenters. The number of ether oxygens (including phenoxy) is 2. The van der Waals surface area contributed by atoms with Gasteiger partial charge in [-0.15, -0.1) is 0 Å². The number of hydrogen-bond donors (Lipinski definition) is 0. The molecule has 0 unspecified atom stereocenters. The van der Waals surface area contributed by atoms with Gasteiger partial charge in [0.2, 0.25) is 0 Å². The Balaban J connectivity index is 2.18. The van der Waals surface area contributed by atoms with Crippen LogP contribution in [0.5, 0.6) is 0 Å². The van der Waals surface area contributed by atoms with E-state index >= 15 is 0 Å². The minimum atomic E-state index is 0.394. The smallest absolute Gasteiger partial charge is 0.147 e. The van der Waals surface area contributed by atoms with Crippen LogP contribution < -0.4 is 0 Å². The highest BCUT2D eigenvalue weighted by atomic mass is 16.7. The third kappa shape index (κ3) is 2.53. The zero-order valence-corrected chi connectivity index (χ0v) is 12.0. The van der Waals surface area contributed by atoms with Crippen molar-refractivity contribution >= 4 is 0 Å². The molecule has 0 bridgehead atoms. The van der Waals surface area contributed by atoms with Crippen LogP contribution >= 0.6 is 0 Å². The lowest BCUT2D eigenvalue weighted by Gasteiger charge is -2.50. The van der Waals surface area contributed by atoms with Crippen molar-refractivity contribution in [2.45, 2.75) is 59.7 Å². The van der Waals surface area contributed by atoms with E-state index in [-0.39, 0.29) is 0 Å². The highest BCUT2D eigenvalue weighted by Gasteiger charge is 2.46. The second-order valence-corrected chi connectivity index (χ2v) is 6.66. The minimum Gasteiger partial charge on any atom is -0.352 e. The van der Waals surface area contributed by atoms with E-state index in [1.54, 1.807) is 0 Å². The van der Waals surface area contributed by atoms with Crippen LogP contribution in [0.15, 0.2) is 0 Å². The van der Waals surface area contributed by atoms with Crippen LogP contribution in [0, 0.1) is 29.6 Å². The SMILES string of the molecule is CC(C)[C@H]1CC[C@@H](C)[C@H]2[C@H]1OCO[C@@H]2C(C)C. The maximum Gasteiger partial charge on any atom is 0.147 e. The molecule has 0 amide bonds. The van der Waals surface area contributed by atoms with Crippen molar-refractivity contribution in [3.8, 4) is 0 Å². The van der Waals surface area contributed by atoms with Crippen molar-refractivity contribution in [1.82, 2.24) is 0 Å². The lowest BCUT2D eigenvalue weighted by atomic mass is 9.65. The molecule has 0 aromatic heterocycles. The number of fused-ring (bicyclic) bond motifs is 1. The maximum absolute atomic E-state index is 5.98. The monoisotopic (exact) mass is 240 g/mol. The van der Waals surface area contributed by atoms with Gasteiger partial charge in [-0.25, -0.2) is 0 Å². The van der Waals surface area contributed by atoms with Crippen molar-refractivity contribution < 1.29 is 9.47 Å². The Morgan fingerprint density at radius 3 is 2.24 bits per heavy atom. The first-order valence-electron chi connectivity index (χ1n) is 7.25. The standard InChI is InChI=1S/C15H28O2/c1-9(2)12-7-6-11(5)13-14(10(3)4)16-8-17-15(12)13/h9-15H,6-8H2,1-5H3/t11-,12-,13-,14-,15+/m1/s1. The Labute approximate surface area is 106 Å². The van der Waals surface area contributed by atoms with Gasteiger partial charge < -0.3 is 9.47 Å². The van der Waals surface area contributed by atoms with Gasteiger partial charge in [0.15, 0.2) is 0 Å². The summed E-state index contributed by atoms with van der Waals surface area (Å²) >= 11 is 0. The Hall–Kier alpha value is -0.0800. The highest BCUT2D eigenvalue weighted by Crippen LogP contribution is 2.45. The molecule has 2 nitrogen and oxygen atoms in total. The van der Waals surface area contributed by atoms with E-state index in [0.717, 1.165) is 17.8 Å². The molecular weight excluding hydrogens is 212 g/mol. The van der Waals surface area contributed by atoms with Crippen LogP contribution in [-0.4, -0.2) is 19.0 Å². The third-order valence-corrected chi connectivity index (χ3v) is 4.83. The van der Waals surface area contributed by atoms with E-state index in [1.165, 1.54) is 12.8 Å². The number of hydrogen-bond acceptors (Lipinski definition) is 2. The summed E-state index contributed by atoms with van der Waals surface area (Å²) in [5.41, 5.74) is 0. The first-order valence-corrected chi connectivity index (χ1v) is 7.25. The van der Waals surface area contributed by atoms with Crippen LogP contribution in [0.1, 0.15) is 47.5 Å². The van der Waals surface area contributed by atoms with E-state index in [0.29, 0.717) is 30.8 Å². The topological polar surface area (TPSA) is 18.5 Å². The first kappa shape index (κ1) is 13.4. The fourth-order valence-corrected chi connectivity index (χ4v) is 3.82. The zero-order chi connectivity index (χ0) is 12.6. The molecule has 2 fully saturated rings. The van der Waals surface area contributed by atoms with Gasteiger partial charge in [0, 0.05) is 5.92 Å². The Kier molecular flexibility index (Phi) is 4.14. The summed E-state index contributed by atoms with van der Waals surface area (Å²) in [5, 5.41) is 0. The number of rotatable bonds is 2. The van der Waals surface area contributed by atoms with E-state index < -0.39 is 0 Å². The fraction of sp³-hybridized carbons (Fsp3) is 1.00. The second-order valence-electron chi connectivity index (χ2n) is 6.66. The van der Waals surface area contributed by atoms with E-state index in [2.05, 4.69) is 34.6 Å². The van der Waals surface area contributed by atoms with Crippen molar-refractivity contribution in [2.75, 3.05) is 6.79 Å². The molecule has 0 spiro atoms. The summed E-state index contributed by atoms with van der Waals surface area (Å²) in [5.74, 6) is 3.38. The second kappa shape index (κ2) is 5.27. The maximum atomic E-state index is 5.98. The molecule has 1 saturated carbocycles. The van der Waals surface area contributed by atoms with Crippen LogP contribution in [0.25, 0.3) is 0 Å². The van der Waals surface area contributed by atoms with E-state index in [4.69, 9.17) is 9.47 Å². The van der Waals surface area contributed by atoms with Gasteiger partial charge in [-0.05, 0) is 36.5 Å². The molecule has 2 heteroatoms. The van der Waals surface area contributed by atoms with Crippen molar-refractivity contribution in [3.63, 3.8) is 0 Å². The van der Waals surface area contributed by atoms with Crippen LogP contribution in [0.3, 0.4) is 0 Å². The quantitative estimate of drug-likeness (QED) is 0.732. The molecule has 2 rings (SSSR count). The zero-order valence-electron chi connectivity index (χ0n) is 12.0. The molecule has 17 heavy (non-hydrogen) atoms. The Morgan fingerprint density at radius 1 is 0.941 bits per heavy atom. The fourth-order valence-electron chi connectivity index (χ4n) is 3.82. The molecule has 0 aromatic carbocycles.